The number of rotatable bonds is 5. The van der Waals surface area contributed by atoms with E-state index in [1.54, 1.807) is 13.8 Å². The van der Waals surface area contributed by atoms with Gasteiger partial charge >= 0.3 is 0 Å². The van der Waals surface area contributed by atoms with Gasteiger partial charge in [-0.2, -0.15) is 0 Å². The molecule has 104 valence electrons. The lowest BCUT2D eigenvalue weighted by molar-refractivity contribution is -0.126. The number of hydrogen-bond acceptors (Lipinski definition) is 3. The van der Waals surface area contributed by atoms with Crippen molar-refractivity contribution in [3.63, 3.8) is 0 Å². The van der Waals surface area contributed by atoms with E-state index in [2.05, 4.69) is 17.4 Å². The van der Waals surface area contributed by atoms with Crippen molar-refractivity contribution in [2.24, 2.45) is 16.3 Å². The molecule has 5 heteroatoms. The van der Waals surface area contributed by atoms with E-state index < -0.39 is 5.41 Å². The minimum Gasteiger partial charge on any atom is -0.409 e. The largest absolute Gasteiger partial charge is 0.409 e. The topological polar surface area (TPSA) is 87.7 Å². The van der Waals surface area contributed by atoms with E-state index in [1.807, 2.05) is 24.3 Å². The summed E-state index contributed by atoms with van der Waals surface area (Å²) in [5.41, 5.74) is 6.76. The molecule has 0 spiro atoms. The number of hydrogen-bond donors (Lipinski definition) is 3. The number of carbonyl (C=O) groups is 1. The van der Waals surface area contributed by atoms with Gasteiger partial charge in [0.1, 0.15) is 5.41 Å². The van der Waals surface area contributed by atoms with Gasteiger partial charge in [-0.3, -0.25) is 4.79 Å². The minimum absolute atomic E-state index is 0.103. The Morgan fingerprint density at radius 1 is 1.37 bits per heavy atom. The molecule has 0 radical (unpaired) electrons. The molecule has 0 fully saturated rings. The second-order valence-corrected chi connectivity index (χ2v) is 4.92. The standard InChI is InChI=1S/C14H21N3O2/c1-4-10-7-5-6-8-11(10)9-16-13(18)14(2,3)12(15)17-19/h5-8,19H,4,9H2,1-3H3,(H2,15,17)(H,16,18). The van der Waals surface area contributed by atoms with E-state index in [4.69, 9.17) is 10.9 Å². The van der Waals surface area contributed by atoms with Crippen LogP contribution in [-0.2, 0) is 17.8 Å². The van der Waals surface area contributed by atoms with E-state index in [0.29, 0.717) is 6.54 Å². The number of aryl methyl sites for hydroxylation is 1. The van der Waals surface area contributed by atoms with E-state index in [-0.39, 0.29) is 11.7 Å². The summed E-state index contributed by atoms with van der Waals surface area (Å²) in [6.07, 6.45) is 0.912. The monoisotopic (exact) mass is 263 g/mol. The number of nitrogens with zero attached hydrogens (tertiary/aromatic N) is 1. The van der Waals surface area contributed by atoms with Crippen LogP contribution < -0.4 is 11.1 Å². The van der Waals surface area contributed by atoms with Crippen molar-refractivity contribution in [2.75, 3.05) is 0 Å². The number of amidine groups is 1. The fourth-order valence-electron chi connectivity index (χ4n) is 1.71. The number of benzene rings is 1. The van der Waals surface area contributed by atoms with Gasteiger partial charge in [-0.25, -0.2) is 0 Å². The molecule has 0 aliphatic carbocycles. The first-order chi connectivity index (χ1) is 8.93. The highest BCUT2D eigenvalue weighted by atomic mass is 16.4. The molecule has 0 atom stereocenters. The lowest BCUT2D eigenvalue weighted by Crippen LogP contribution is -2.45. The molecule has 0 bridgehead atoms. The smallest absolute Gasteiger partial charge is 0.233 e. The van der Waals surface area contributed by atoms with Crippen LogP contribution in [-0.4, -0.2) is 17.0 Å². The first kappa shape index (κ1) is 15.0. The Kier molecular flexibility index (Phi) is 4.92. The number of carbonyl (C=O) groups excluding carboxylic acids is 1. The van der Waals surface area contributed by atoms with Crippen molar-refractivity contribution in [3.8, 4) is 0 Å². The molecule has 1 aromatic rings. The summed E-state index contributed by atoms with van der Waals surface area (Å²) in [7, 11) is 0. The molecule has 1 rings (SSSR count). The van der Waals surface area contributed by atoms with Gasteiger partial charge in [-0.1, -0.05) is 36.3 Å². The third kappa shape index (κ3) is 3.47. The molecule has 19 heavy (non-hydrogen) atoms. The molecular formula is C14H21N3O2. The van der Waals surface area contributed by atoms with Crippen LogP contribution in [0, 0.1) is 5.41 Å². The lowest BCUT2D eigenvalue weighted by Gasteiger charge is -2.22. The number of nitrogens with two attached hydrogens (primary N) is 1. The van der Waals surface area contributed by atoms with E-state index >= 15 is 0 Å². The number of nitrogens with one attached hydrogen (secondary N) is 1. The maximum atomic E-state index is 12.1. The third-order valence-corrected chi connectivity index (χ3v) is 3.25. The number of amides is 1. The predicted octanol–water partition coefficient (Wildman–Crippen LogP) is 1.64. The Bertz CT molecular complexity index is 481. The van der Waals surface area contributed by atoms with Crippen LogP contribution in [0.3, 0.4) is 0 Å². The minimum atomic E-state index is -1.03. The Morgan fingerprint density at radius 3 is 2.47 bits per heavy atom. The first-order valence-electron chi connectivity index (χ1n) is 6.26. The fraction of sp³-hybridized carbons (Fsp3) is 0.429. The van der Waals surface area contributed by atoms with Gasteiger partial charge in [0, 0.05) is 6.54 Å². The van der Waals surface area contributed by atoms with Crippen LogP contribution in [0.15, 0.2) is 29.4 Å². The average Bonchev–Trinajstić information content (AvgIpc) is 2.43. The summed E-state index contributed by atoms with van der Waals surface area (Å²) in [6, 6.07) is 7.94. The summed E-state index contributed by atoms with van der Waals surface area (Å²) in [6.45, 7) is 5.73. The zero-order chi connectivity index (χ0) is 14.5. The summed E-state index contributed by atoms with van der Waals surface area (Å²) < 4.78 is 0. The Morgan fingerprint density at radius 2 is 1.95 bits per heavy atom. The highest BCUT2D eigenvalue weighted by Gasteiger charge is 2.32. The van der Waals surface area contributed by atoms with E-state index in [9.17, 15) is 4.79 Å². The highest BCUT2D eigenvalue weighted by Crippen LogP contribution is 2.16. The molecule has 0 saturated carbocycles. The van der Waals surface area contributed by atoms with Crippen LogP contribution in [0.2, 0.25) is 0 Å². The molecular weight excluding hydrogens is 242 g/mol. The van der Waals surface area contributed by atoms with Crippen molar-refractivity contribution in [2.45, 2.75) is 33.7 Å². The SMILES string of the molecule is CCc1ccccc1CNC(=O)C(C)(C)C(N)=NO. The average molecular weight is 263 g/mol. The molecule has 1 aromatic carbocycles. The predicted molar refractivity (Wildman–Crippen MR) is 74.9 cm³/mol. The molecule has 0 unspecified atom stereocenters. The molecule has 5 nitrogen and oxygen atoms in total. The highest BCUT2D eigenvalue weighted by molar-refractivity contribution is 6.05. The molecule has 0 aliphatic heterocycles. The Balaban J connectivity index is 2.74. The normalized spacial score (nSPS) is 12.3. The second-order valence-electron chi connectivity index (χ2n) is 4.92. The summed E-state index contributed by atoms with van der Waals surface area (Å²) in [5.74, 6) is -0.373. The lowest BCUT2D eigenvalue weighted by atomic mass is 9.91. The van der Waals surface area contributed by atoms with Crippen molar-refractivity contribution in [1.82, 2.24) is 5.32 Å². The van der Waals surface area contributed by atoms with Gasteiger partial charge in [-0.05, 0) is 31.4 Å². The molecule has 1 amide bonds. The summed E-state index contributed by atoms with van der Waals surface area (Å²) in [4.78, 5) is 12.1. The van der Waals surface area contributed by atoms with Crippen LogP contribution in [0.5, 0.6) is 0 Å². The van der Waals surface area contributed by atoms with Crippen LogP contribution in [0.1, 0.15) is 31.9 Å². The second kappa shape index (κ2) is 6.22. The quantitative estimate of drug-likeness (QED) is 0.326. The van der Waals surface area contributed by atoms with Gasteiger partial charge in [0.2, 0.25) is 5.91 Å². The molecule has 0 heterocycles. The van der Waals surface area contributed by atoms with Crippen LogP contribution >= 0.6 is 0 Å². The summed E-state index contributed by atoms with van der Waals surface area (Å²) in [5, 5.41) is 14.4. The van der Waals surface area contributed by atoms with Crippen LogP contribution in [0.25, 0.3) is 0 Å². The van der Waals surface area contributed by atoms with Crippen molar-refractivity contribution in [1.29, 1.82) is 0 Å². The van der Waals surface area contributed by atoms with Gasteiger partial charge in [0.05, 0.1) is 0 Å². The van der Waals surface area contributed by atoms with Crippen LogP contribution in [0.4, 0.5) is 0 Å². The maximum Gasteiger partial charge on any atom is 0.233 e. The van der Waals surface area contributed by atoms with Gasteiger partial charge in [0.15, 0.2) is 5.84 Å². The Hall–Kier alpha value is -2.04. The zero-order valence-electron chi connectivity index (χ0n) is 11.6. The fourth-order valence-corrected chi connectivity index (χ4v) is 1.71. The maximum absolute atomic E-state index is 12.1. The zero-order valence-corrected chi connectivity index (χ0v) is 11.6. The van der Waals surface area contributed by atoms with Gasteiger partial charge in [0.25, 0.3) is 0 Å². The third-order valence-electron chi connectivity index (χ3n) is 3.25. The van der Waals surface area contributed by atoms with Crippen molar-refractivity contribution < 1.29 is 10.0 Å². The summed E-state index contributed by atoms with van der Waals surface area (Å²) >= 11 is 0. The number of oxime groups is 1. The van der Waals surface area contributed by atoms with Crippen molar-refractivity contribution in [3.05, 3.63) is 35.4 Å². The van der Waals surface area contributed by atoms with Gasteiger partial charge < -0.3 is 16.3 Å². The Labute approximate surface area is 113 Å². The molecule has 0 aliphatic rings. The van der Waals surface area contributed by atoms with Gasteiger partial charge in [-0.15, -0.1) is 0 Å². The molecule has 4 N–H and O–H groups in total. The van der Waals surface area contributed by atoms with Crippen molar-refractivity contribution >= 4 is 11.7 Å². The van der Waals surface area contributed by atoms with E-state index in [0.717, 1.165) is 12.0 Å². The first-order valence-corrected chi connectivity index (χ1v) is 6.26. The molecule has 0 aromatic heterocycles. The molecule has 0 saturated heterocycles. The van der Waals surface area contributed by atoms with E-state index in [1.165, 1.54) is 5.56 Å².